The Balaban J connectivity index is 1.76. The van der Waals surface area contributed by atoms with E-state index in [0.717, 1.165) is 28.1 Å². The van der Waals surface area contributed by atoms with Gasteiger partial charge in [0.2, 0.25) is 5.65 Å². The number of hydrogen-bond acceptors (Lipinski definition) is 4. The third-order valence-electron chi connectivity index (χ3n) is 4.11. The van der Waals surface area contributed by atoms with Crippen LogP contribution >= 0.6 is 0 Å². The van der Waals surface area contributed by atoms with Crippen molar-refractivity contribution in [3.63, 3.8) is 0 Å². The SMILES string of the molecule is CCOC(=O)Cc1ccc2c(c1)Cc1c-2[nH]c(=O)c2nccn12. The van der Waals surface area contributed by atoms with Crippen molar-refractivity contribution >= 4 is 11.6 Å². The molecular weight excluding hydrogens is 294 g/mol. The van der Waals surface area contributed by atoms with Crippen molar-refractivity contribution in [1.82, 2.24) is 14.4 Å². The number of nitrogens with zero attached hydrogens (tertiary/aromatic N) is 2. The van der Waals surface area contributed by atoms with Gasteiger partial charge in [-0.25, -0.2) is 4.98 Å². The number of carbonyl (C=O) groups excluding carboxylic acids is 1. The molecule has 0 unspecified atom stereocenters. The summed E-state index contributed by atoms with van der Waals surface area (Å²) in [5.41, 5.74) is 5.07. The Morgan fingerprint density at radius 2 is 2.30 bits per heavy atom. The van der Waals surface area contributed by atoms with E-state index in [1.807, 2.05) is 22.6 Å². The number of ether oxygens (including phenoxy) is 1. The fraction of sp³-hybridized carbons (Fsp3) is 0.235. The van der Waals surface area contributed by atoms with Crippen molar-refractivity contribution in [3.05, 3.63) is 57.8 Å². The predicted octanol–water partition coefficient (Wildman–Crippen LogP) is 1.70. The van der Waals surface area contributed by atoms with E-state index in [1.165, 1.54) is 0 Å². The van der Waals surface area contributed by atoms with Gasteiger partial charge < -0.3 is 9.72 Å². The minimum absolute atomic E-state index is 0.197. The van der Waals surface area contributed by atoms with Crippen LogP contribution in [-0.2, 0) is 22.4 Å². The lowest BCUT2D eigenvalue weighted by atomic mass is 10.0. The summed E-state index contributed by atoms with van der Waals surface area (Å²) in [4.78, 5) is 30.7. The fourth-order valence-corrected chi connectivity index (χ4v) is 3.15. The number of rotatable bonds is 3. The predicted molar refractivity (Wildman–Crippen MR) is 84.4 cm³/mol. The lowest BCUT2D eigenvalue weighted by molar-refractivity contribution is -0.142. The van der Waals surface area contributed by atoms with Crippen LogP contribution in [0.1, 0.15) is 23.7 Å². The quantitative estimate of drug-likeness (QED) is 0.584. The first-order valence-corrected chi connectivity index (χ1v) is 7.53. The average molecular weight is 309 g/mol. The molecule has 0 bridgehead atoms. The van der Waals surface area contributed by atoms with Crippen LogP contribution in [0.25, 0.3) is 16.9 Å². The van der Waals surface area contributed by atoms with Gasteiger partial charge in [0, 0.05) is 24.4 Å². The summed E-state index contributed by atoms with van der Waals surface area (Å²) >= 11 is 0. The zero-order chi connectivity index (χ0) is 16.0. The van der Waals surface area contributed by atoms with Crippen LogP contribution in [0, 0.1) is 0 Å². The molecule has 1 N–H and O–H groups in total. The van der Waals surface area contributed by atoms with Gasteiger partial charge >= 0.3 is 5.97 Å². The normalized spacial score (nSPS) is 12.2. The average Bonchev–Trinajstić information content (AvgIpc) is 3.12. The molecule has 0 saturated heterocycles. The minimum Gasteiger partial charge on any atom is -0.466 e. The molecule has 6 heteroatoms. The maximum absolute atomic E-state index is 12.1. The molecule has 2 aromatic heterocycles. The summed E-state index contributed by atoms with van der Waals surface area (Å²) in [6.07, 6.45) is 4.38. The molecule has 4 rings (SSSR count). The Morgan fingerprint density at radius 3 is 3.13 bits per heavy atom. The van der Waals surface area contributed by atoms with Crippen molar-refractivity contribution < 1.29 is 9.53 Å². The van der Waals surface area contributed by atoms with E-state index in [9.17, 15) is 9.59 Å². The summed E-state index contributed by atoms with van der Waals surface area (Å²) in [5.74, 6) is -0.228. The molecule has 6 nitrogen and oxygen atoms in total. The molecule has 0 saturated carbocycles. The second-order valence-corrected chi connectivity index (χ2v) is 5.55. The van der Waals surface area contributed by atoms with E-state index < -0.39 is 0 Å². The van der Waals surface area contributed by atoms with Crippen molar-refractivity contribution in [2.75, 3.05) is 6.61 Å². The van der Waals surface area contributed by atoms with Crippen molar-refractivity contribution in [2.45, 2.75) is 19.8 Å². The number of H-pyrrole nitrogens is 1. The topological polar surface area (TPSA) is 76.5 Å². The Labute approximate surface area is 131 Å². The Kier molecular flexibility index (Phi) is 3.04. The molecule has 1 aliphatic carbocycles. The van der Waals surface area contributed by atoms with Crippen LogP contribution in [0.15, 0.2) is 35.4 Å². The third kappa shape index (κ3) is 2.14. The highest BCUT2D eigenvalue weighted by atomic mass is 16.5. The molecule has 1 aromatic carbocycles. The van der Waals surface area contributed by atoms with E-state index >= 15 is 0 Å². The second-order valence-electron chi connectivity index (χ2n) is 5.55. The first-order valence-electron chi connectivity index (χ1n) is 7.53. The number of hydrogen-bond donors (Lipinski definition) is 1. The van der Waals surface area contributed by atoms with Gasteiger partial charge in [-0.05, 0) is 18.1 Å². The molecule has 0 amide bonds. The highest BCUT2D eigenvalue weighted by Crippen LogP contribution is 2.35. The van der Waals surface area contributed by atoms with Crippen LogP contribution in [0.2, 0.25) is 0 Å². The van der Waals surface area contributed by atoms with E-state index in [0.29, 0.717) is 18.7 Å². The number of benzene rings is 1. The minimum atomic E-state index is -0.228. The monoisotopic (exact) mass is 309 g/mol. The summed E-state index contributed by atoms with van der Waals surface area (Å²) in [5, 5.41) is 0. The highest BCUT2D eigenvalue weighted by molar-refractivity contribution is 5.76. The molecule has 0 spiro atoms. The number of nitrogens with one attached hydrogen (secondary N) is 1. The first kappa shape index (κ1) is 13.8. The number of fused-ring (bicyclic) bond motifs is 5. The van der Waals surface area contributed by atoms with Gasteiger partial charge in [-0.3, -0.25) is 14.0 Å². The maximum Gasteiger partial charge on any atom is 0.310 e. The molecule has 1 aliphatic rings. The first-order chi connectivity index (χ1) is 11.2. The van der Waals surface area contributed by atoms with E-state index in [2.05, 4.69) is 9.97 Å². The number of carbonyl (C=O) groups is 1. The van der Waals surface area contributed by atoms with Crippen molar-refractivity contribution in [2.24, 2.45) is 0 Å². The fourth-order valence-electron chi connectivity index (χ4n) is 3.15. The Hall–Kier alpha value is -2.89. The molecular formula is C17H15N3O3. The number of aromatic nitrogens is 3. The zero-order valence-electron chi connectivity index (χ0n) is 12.6. The van der Waals surface area contributed by atoms with Gasteiger partial charge in [0.05, 0.1) is 24.4 Å². The van der Waals surface area contributed by atoms with E-state index in [1.54, 1.807) is 19.3 Å². The molecule has 0 fully saturated rings. The number of imidazole rings is 1. The maximum atomic E-state index is 12.1. The Morgan fingerprint density at radius 1 is 1.43 bits per heavy atom. The van der Waals surface area contributed by atoms with Gasteiger partial charge in [-0.15, -0.1) is 0 Å². The van der Waals surface area contributed by atoms with Gasteiger partial charge in [0.15, 0.2) is 0 Å². The number of esters is 1. The lowest BCUT2D eigenvalue weighted by Gasteiger charge is -2.05. The molecule has 0 radical (unpaired) electrons. The van der Waals surface area contributed by atoms with Gasteiger partial charge in [-0.2, -0.15) is 0 Å². The van der Waals surface area contributed by atoms with Crippen molar-refractivity contribution in [3.8, 4) is 11.3 Å². The highest BCUT2D eigenvalue weighted by Gasteiger charge is 2.23. The summed E-state index contributed by atoms with van der Waals surface area (Å²) in [7, 11) is 0. The van der Waals surface area contributed by atoms with Gasteiger partial charge in [0.25, 0.3) is 5.56 Å². The van der Waals surface area contributed by atoms with Crippen LogP contribution in [0.5, 0.6) is 0 Å². The lowest BCUT2D eigenvalue weighted by Crippen LogP contribution is -2.13. The summed E-state index contributed by atoms with van der Waals surface area (Å²) in [6, 6.07) is 5.86. The molecule has 0 atom stereocenters. The van der Waals surface area contributed by atoms with Crippen LogP contribution < -0.4 is 5.56 Å². The second kappa shape index (κ2) is 5.08. The molecule has 2 heterocycles. The van der Waals surface area contributed by atoms with Gasteiger partial charge in [0.1, 0.15) is 0 Å². The van der Waals surface area contributed by atoms with Crippen LogP contribution in [0.4, 0.5) is 0 Å². The standard InChI is InChI=1S/C17H15N3O3/c1-2-23-14(21)8-10-3-4-12-11(7-10)9-13-15(12)19-17(22)16-18-5-6-20(13)16/h3-7H,2,8-9H2,1H3,(H,19,22). The van der Waals surface area contributed by atoms with Crippen molar-refractivity contribution in [1.29, 1.82) is 0 Å². The zero-order valence-corrected chi connectivity index (χ0v) is 12.6. The largest absolute Gasteiger partial charge is 0.466 e. The summed E-state index contributed by atoms with van der Waals surface area (Å²) in [6.45, 7) is 2.18. The summed E-state index contributed by atoms with van der Waals surface area (Å²) < 4.78 is 6.82. The molecule has 23 heavy (non-hydrogen) atoms. The third-order valence-corrected chi connectivity index (χ3v) is 4.11. The number of aromatic amines is 1. The molecule has 116 valence electrons. The smallest absolute Gasteiger partial charge is 0.310 e. The van der Waals surface area contributed by atoms with Crippen LogP contribution in [-0.4, -0.2) is 26.9 Å². The molecule has 0 aliphatic heterocycles. The van der Waals surface area contributed by atoms with Gasteiger partial charge in [-0.1, -0.05) is 18.2 Å². The van der Waals surface area contributed by atoms with E-state index in [-0.39, 0.29) is 17.9 Å². The molecule has 3 aromatic rings. The van der Waals surface area contributed by atoms with E-state index in [4.69, 9.17) is 4.74 Å². The van der Waals surface area contributed by atoms with Crippen LogP contribution in [0.3, 0.4) is 0 Å². The Bertz CT molecular complexity index is 984.